The monoisotopic (exact) mass is 315 g/mol. The van der Waals surface area contributed by atoms with Crippen LogP contribution in [0.25, 0.3) is 0 Å². The zero-order valence-electron chi connectivity index (χ0n) is 12.6. The number of hydrogen-bond donors (Lipinski definition) is 1. The van der Waals surface area contributed by atoms with Gasteiger partial charge < -0.3 is 0 Å². The minimum Gasteiger partial charge on any atom is -0.211 e. The Morgan fingerprint density at radius 3 is 2.55 bits per heavy atom. The van der Waals surface area contributed by atoms with Gasteiger partial charge >= 0.3 is 0 Å². The van der Waals surface area contributed by atoms with Crippen molar-refractivity contribution in [3.8, 4) is 0 Å². The van der Waals surface area contributed by atoms with Gasteiger partial charge in [-0.2, -0.15) is 0 Å². The van der Waals surface area contributed by atoms with Crippen molar-refractivity contribution < 1.29 is 8.42 Å². The van der Waals surface area contributed by atoms with E-state index in [-0.39, 0.29) is 0 Å². The Labute approximate surface area is 132 Å². The molecule has 0 atom stereocenters. The van der Waals surface area contributed by atoms with Gasteiger partial charge in [0.15, 0.2) is 0 Å². The van der Waals surface area contributed by atoms with Crippen LogP contribution in [0.2, 0.25) is 0 Å². The molecule has 0 saturated heterocycles. The van der Waals surface area contributed by atoms with Gasteiger partial charge in [-0.15, -0.1) is 0 Å². The first-order chi connectivity index (χ1) is 10.6. The summed E-state index contributed by atoms with van der Waals surface area (Å²) in [6.07, 6.45) is 4.87. The van der Waals surface area contributed by atoms with Crippen LogP contribution in [0.4, 0.5) is 0 Å². The van der Waals surface area contributed by atoms with Crippen LogP contribution in [-0.4, -0.2) is 15.0 Å². The molecule has 0 bridgehead atoms. The van der Waals surface area contributed by atoms with E-state index in [0.717, 1.165) is 32.1 Å². The molecule has 0 radical (unpaired) electrons. The molecule has 116 valence electrons. The third-order valence-corrected chi connectivity index (χ3v) is 5.62. The van der Waals surface area contributed by atoms with Crippen molar-refractivity contribution >= 4 is 10.0 Å². The molecule has 0 unspecified atom stereocenters. The van der Waals surface area contributed by atoms with Gasteiger partial charge in [0.2, 0.25) is 10.0 Å². The summed E-state index contributed by atoms with van der Waals surface area (Å²) in [7, 11) is -3.39. The zero-order chi connectivity index (χ0) is 15.4. The van der Waals surface area contributed by atoms with E-state index >= 15 is 0 Å². The van der Waals surface area contributed by atoms with Crippen molar-refractivity contribution in [1.29, 1.82) is 0 Å². The van der Waals surface area contributed by atoms with E-state index in [0.29, 0.717) is 11.4 Å². The maximum Gasteiger partial charge on any atom is 0.240 e. The highest BCUT2D eigenvalue weighted by Gasteiger charge is 2.17. The normalized spacial score (nSPS) is 14.0. The van der Waals surface area contributed by atoms with Crippen LogP contribution in [0.3, 0.4) is 0 Å². The van der Waals surface area contributed by atoms with E-state index in [1.54, 1.807) is 6.07 Å². The van der Waals surface area contributed by atoms with Gasteiger partial charge in [-0.05, 0) is 60.9 Å². The van der Waals surface area contributed by atoms with Gasteiger partial charge in [-0.1, -0.05) is 36.4 Å². The van der Waals surface area contributed by atoms with Crippen molar-refractivity contribution in [2.45, 2.75) is 37.0 Å². The van der Waals surface area contributed by atoms with Gasteiger partial charge in [0, 0.05) is 6.54 Å². The Balaban J connectivity index is 1.57. The Morgan fingerprint density at radius 1 is 0.955 bits per heavy atom. The number of aryl methyl sites for hydroxylation is 3. The molecule has 2 aromatic carbocycles. The molecule has 2 aromatic rings. The summed E-state index contributed by atoms with van der Waals surface area (Å²) in [6, 6.07) is 15.6. The lowest BCUT2D eigenvalue weighted by atomic mass is 10.1. The lowest BCUT2D eigenvalue weighted by Gasteiger charge is -2.08. The van der Waals surface area contributed by atoms with Crippen LogP contribution in [-0.2, 0) is 29.3 Å². The topological polar surface area (TPSA) is 46.2 Å². The van der Waals surface area contributed by atoms with E-state index < -0.39 is 10.0 Å². The number of benzene rings is 2. The van der Waals surface area contributed by atoms with E-state index in [4.69, 9.17) is 0 Å². The predicted molar refractivity (Wildman–Crippen MR) is 88.4 cm³/mol. The second-order valence-corrected chi connectivity index (χ2v) is 7.54. The Kier molecular flexibility index (Phi) is 4.60. The minimum absolute atomic E-state index is 0.396. The van der Waals surface area contributed by atoms with Crippen molar-refractivity contribution in [2.75, 3.05) is 6.54 Å². The molecule has 3 rings (SSSR count). The van der Waals surface area contributed by atoms with Crippen molar-refractivity contribution in [1.82, 2.24) is 4.72 Å². The standard InChI is InChI=1S/C18H21NO2S/c20-22(21,18-12-11-16-9-4-10-17(16)14-18)19-13-5-8-15-6-2-1-3-7-15/h1-3,6-7,11-12,14,19H,4-5,8-10,13H2. The lowest BCUT2D eigenvalue weighted by molar-refractivity contribution is 0.579. The third kappa shape index (κ3) is 3.57. The molecule has 1 N–H and O–H groups in total. The fourth-order valence-corrected chi connectivity index (χ4v) is 4.07. The number of sulfonamides is 1. The summed E-state index contributed by atoms with van der Waals surface area (Å²) in [5, 5.41) is 0. The molecular weight excluding hydrogens is 294 g/mol. The van der Waals surface area contributed by atoms with Gasteiger partial charge in [0.25, 0.3) is 0 Å². The molecule has 0 amide bonds. The predicted octanol–water partition coefficient (Wildman–Crippen LogP) is 3.09. The number of hydrogen-bond acceptors (Lipinski definition) is 2. The average molecular weight is 315 g/mol. The number of rotatable bonds is 6. The lowest BCUT2D eigenvalue weighted by Crippen LogP contribution is -2.25. The quantitative estimate of drug-likeness (QED) is 0.833. The van der Waals surface area contributed by atoms with E-state index in [1.165, 1.54) is 16.7 Å². The van der Waals surface area contributed by atoms with Gasteiger partial charge in [0.05, 0.1) is 4.90 Å². The highest BCUT2D eigenvalue weighted by atomic mass is 32.2. The summed E-state index contributed by atoms with van der Waals surface area (Å²) in [5.41, 5.74) is 3.72. The van der Waals surface area contributed by atoms with Crippen LogP contribution in [0.1, 0.15) is 29.5 Å². The number of fused-ring (bicyclic) bond motifs is 1. The van der Waals surface area contributed by atoms with Gasteiger partial charge in [-0.3, -0.25) is 0 Å². The fourth-order valence-electron chi connectivity index (χ4n) is 2.94. The van der Waals surface area contributed by atoms with Gasteiger partial charge in [-0.25, -0.2) is 13.1 Å². The summed E-state index contributed by atoms with van der Waals surface area (Å²) < 4.78 is 27.4. The first-order valence-electron chi connectivity index (χ1n) is 7.80. The first-order valence-corrected chi connectivity index (χ1v) is 9.29. The molecular formula is C18H21NO2S. The molecule has 3 nitrogen and oxygen atoms in total. The highest BCUT2D eigenvalue weighted by Crippen LogP contribution is 2.24. The van der Waals surface area contributed by atoms with E-state index in [9.17, 15) is 8.42 Å². The van der Waals surface area contributed by atoms with Crippen molar-refractivity contribution in [3.63, 3.8) is 0 Å². The van der Waals surface area contributed by atoms with Crippen LogP contribution < -0.4 is 4.72 Å². The Hall–Kier alpha value is -1.65. The molecule has 4 heteroatoms. The Morgan fingerprint density at radius 2 is 1.73 bits per heavy atom. The fraction of sp³-hybridized carbons (Fsp3) is 0.333. The molecule has 1 aliphatic carbocycles. The summed E-state index contributed by atoms with van der Waals surface area (Å²) in [5.74, 6) is 0. The molecule has 0 heterocycles. The summed E-state index contributed by atoms with van der Waals surface area (Å²) >= 11 is 0. The molecule has 22 heavy (non-hydrogen) atoms. The highest BCUT2D eigenvalue weighted by molar-refractivity contribution is 7.89. The SMILES string of the molecule is O=S(=O)(NCCCc1ccccc1)c1ccc2c(c1)CCC2. The van der Waals surface area contributed by atoms with E-state index in [1.807, 2.05) is 30.3 Å². The molecule has 0 fully saturated rings. The molecule has 0 aliphatic heterocycles. The maximum absolute atomic E-state index is 12.3. The molecule has 0 spiro atoms. The largest absolute Gasteiger partial charge is 0.240 e. The van der Waals surface area contributed by atoms with Crippen LogP contribution in [0, 0.1) is 0 Å². The second kappa shape index (κ2) is 6.63. The second-order valence-electron chi connectivity index (χ2n) is 5.77. The third-order valence-electron chi connectivity index (χ3n) is 4.16. The smallest absolute Gasteiger partial charge is 0.211 e. The van der Waals surface area contributed by atoms with Crippen LogP contribution >= 0.6 is 0 Å². The molecule has 0 saturated carbocycles. The summed E-state index contributed by atoms with van der Waals surface area (Å²) in [4.78, 5) is 0.396. The van der Waals surface area contributed by atoms with Crippen molar-refractivity contribution in [3.05, 3.63) is 65.2 Å². The summed E-state index contributed by atoms with van der Waals surface area (Å²) in [6.45, 7) is 0.467. The Bertz CT molecular complexity index is 739. The van der Waals surface area contributed by atoms with Crippen molar-refractivity contribution in [2.24, 2.45) is 0 Å². The van der Waals surface area contributed by atoms with E-state index in [2.05, 4.69) is 16.9 Å². The van der Waals surface area contributed by atoms with Gasteiger partial charge in [0.1, 0.15) is 0 Å². The first kappa shape index (κ1) is 15.3. The molecule has 0 aromatic heterocycles. The van der Waals surface area contributed by atoms with Crippen LogP contribution in [0.15, 0.2) is 53.4 Å². The minimum atomic E-state index is -3.39. The average Bonchev–Trinajstić information content (AvgIpc) is 3.00. The molecule has 1 aliphatic rings. The number of nitrogens with one attached hydrogen (secondary N) is 1. The van der Waals surface area contributed by atoms with Crippen LogP contribution in [0.5, 0.6) is 0 Å². The zero-order valence-corrected chi connectivity index (χ0v) is 13.4. The maximum atomic E-state index is 12.3.